The molecule has 118 valence electrons. The second kappa shape index (κ2) is 8.08. The molecular weight excluding hydrogens is 294 g/mol. The van der Waals surface area contributed by atoms with E-state index in [1.807, 2.05) is 6.07 Å². The minimum atomic E-state index is -0.981. The Bertz CT molecular complexity index is 579. The SMILES string of the molecule is COC(=O)[C@H](C[C@H](C)C#N)NC(=O)Cc1cc(F)cc(F)c1. The molecule has 1 amide bonds. The standard InChI is InChI=1S/C15H16F2N2O3/c1-9(8-18)3-13(15(21)22-2)19-14(20)6-10-4-11(16)7-12(17)5-10/h4-5,7,9,13H,3,6H2,1-2H3,(H,19,20)/t9-,13-/m0/s1. The van der Waals surface area contributed by atoms with Gasteiger partial charge < -0.3 is 10.1 Å². The van der Waals surface area contributed by atoms with Crippen LogP contribution in [0.4, 0.5) is 8.78 Å². The van der Waals surface area contributed by atoms with E-state index in [-0.39, 0.29) is 18.4 Å². The van der Waals surface area contributed by atoms with Crippen LogP contribution in [0.2, 0.25) is 0 Å². The number of esters is 1. The number of ether oxygens (including phenoxy) is 1. The molecule has 0 aliphatic carbocycles. The van der Waals surface area contributed by atoms with E-state index in [0.717, 1.165) is 12.1 Å². The Morgan fingerprint density at radius 2 is 1.91 bits per heavy atom. The quantitative estimate of drug-likeness (QED) is 0.811. The van der Waals surface area contributed by atoms with Crippen LogP contribution < -0.4 is 5.32 Å². The lowest BCUT2D eigenvalue weighted by Gasteiger charge is -2.17. The summed E-state index contributed by atoms with van der Waals surface area (Å²) in [4.78, 5) is 23.5. The van der Waals surface area contributed by atoms with Crippen molar-refractivity contribution in [2.45, 2.75) is 25.8 Å². The van der Waals surface area contributed by atoms with Crippen molar-refractivity contribution in [1.29, 1.82) is 5.26 Å². The number of benzene rings is 1. The van der Waals surface area contributed by atoms with Crippen LogP contribution in [0.3, 0.4) is 0 Å². The molecule has 1 aromatic carbocycles. The predicted molar refractivity (Wildman–Crippen MR) is 73.4 cm³/mol. The number of carbonyl (C=O) groups excluding carboxylic acids is 2. The molecule has 5 nitrogen and oxygen atoms in total. The van der Waals surface area contributed by atoms with Crippen molar-refractivity contribution in [2.24, 2.45) is 5.92 Å². The summed E-state index contributed by atoms with van der Waals surface area (Å²) < 4.78 is 30.7. The third kappa shape index (κ3) is 5.48. The maximum atomic E-state index is 13.1. The summed E-state index contributed by atoms with van der Waals surface area (Å²) in [6, 6.07) is 3.75. The van der Waals surface area contributed by atoms with Gasteiger partial charge in [0.05, 0.1) is 19.6 Å². The van der Waals surface area contributed by atoms with Crippen molar-refractivity contribution >= 4 is 11.9 Å². The van der Waals surface area contributed by atoms with E-state index in [1.165, 1.54) is 7.11 Å². The highest BCUT2D eigenvalue weighted by molar-refractivity contribution is 5.85. The fraction of sp³-hybridized carbons (Fsp3) is 0.400. The third-order valence-electron chi connectivity index (χ3n) is 2.92. The van der Waals surface area contributed by atoms with Crippen LogP contribution in [0.15, 0.2) is 18.2 Å². The maximum absolute atomic E-state index is 13.1. The van der Waals surface area contributed by atoms with Crippen LogP contribution in [-0.4, -0.2) is 25.0 Å². The van der Waals surface area contributed by atoms with Crippen LogP contribution >= 0.6 is 0 Å². The summed E-state index contributed by atoms with van der Waals surface area (Å²) >= 11 is 0. The lowest BCUT2D eigenvalue weighted by atomic mass is 10.0. The zero-order valence-corrected chi connectivity index (χ0v) is 12.2. The molecule has 0 radical (unpaired) electrons. The minimum absolute atomic E-state index is 0.0897. The van der Waals surface area contributed by atoms with Crippen molar-refractivity contribution in [3.63, 3.8) is 0 Å². The highest BCUT2D eigenvalue weighted by Crippen LogP contribution is 2.10. The summed E-state index contributed by atoms with van der Waals surface area (Å²) in [6.45, 7) is 1.60. The molecule has 1 rings (SSSR count). The molecule has 0 heterocycles. The average Bonchev–Trinajstić information content (AvgIpc) is 2.44. The number of nitriles is 1. The van der Waals surface area contributed by atoms with Gasteiger partial charge in [0.1, 0.15) is 17.7 Å². The molecule has 0 saturated carbocycles. The fourth-order valence-electron chi connectivity index (χ4n) is 1.91. The van der Waals surface area contributed by atoms with Crippen molar-refractivity contribution in [1.82, 2.24) is 5.32 Å². The lowest BCUT2D eigenvalue weighted by molar-refractivity contribution is -0.145. The molecule has 0 bridgehead atoms. The summed E-state index contributed by atoms with van der Waals surface area (Å²) in [6.07, 6.45) is -0.199. The molecule has 0 saturated heterocycles. The number of nitrogens with one attached hydrogen (secondary N) is 1. The van der Waals surface area contributed by atoms with Crippen LogP contribution in [0.5, 0.6) is 0 Å². The summed E-state index contributed by atoms with van der Waals surface area (Å²) in [5.74, 6) is -3.31. The fourth-order valence-corrected chi connectivity index (χ4v) is 1.91. The second-order valence-corrected chi connectivity index (χ2v) is 4.86. The Morgan fingerprint density at radius 3 is 2.41 bits per heavy atom. The first-order valence-electron chi connectivity index (χ1n) is 6.57. The number of rotatable bonds is 6. The van der Waals surface area contributed by atoms with Gasteiger partial charge >= 0.3 is 5.97 Å². The number of nitrogens with zero attached hydrogens (tertiary/aromatic N) is 1. The second-order valence-electron chi connectivity index (χ2n) is 4.86. The number of methoxy groups -OCH3 is 1. The Hall–Kier alpha value is -2.49. The van der Waals surface area contributed by atoms with Crippen LogP contribution in [0.25, 0.3) is 0 Å². The maximum Gasteiger partial charge on any atom is 0.328 e. The molecular formula is C15H16F2N2O3. The van der Waals surface area contributed by atoms with E-state index >= 15 is 0 Å². The van der Waals surface area contributed by atoms with Crippen molar-refractivity contribution < 1.29 is 23.1 Å². The van der Waals surface area contributed by atoms with E-state index in [1.54, 1.807) is 6.92 Å². The highest BCUT2D eigenvalue weighted by atomic mass is 19.1. The Kier molecular flexibility index (Phi) is 6.45. The minimum Gasteiger partial charge on any atom is -0.467 e. The molecule has 0 aliphatic rings. The summed E-state index contributed by atoms with van der Waals surface area (Å²) in [5.41, 5.74) is 0.145. The largest absolute Gasteiger partial charge is 0.467 e. The molecule has 22 heavy (non-hydrogen) atoms. The van der Waals surface area contributed by atoms with E-state index < -0.39 is 35.5 Å². The van der Waals surface area contributed by atoms with E-state index in [2.05, 4.69) is 10.1 Å². The first kappa shape index (κ1) is 17.6. The average molecular weight is 310 g/mol. The van der Waals surface area contributed by atoms with Gasteiger partial charge in [-0.25, -0.2) is 13.6 Å². The normalized spacial score (nSPS) is 12.9. The highest BCUT2D eigenvalue weighted by Gasteiger charge is 2.24. The van der Waals surface area contributed by atoms with E-state index in [9.17, 15) is 18.4 Å². The molecule has 1 N–H and O–H groups in total. The zero-order valence-electron chi connectivity index (χ0n) is 12.2. The molecule has 2 atom stereocenters. The topological polar surface area (TPSA) is 79.2 Å². The lowest BCUT2D eigenvalue weighted by Crippen LogP contribution is -2.43. The summed E-state index contributed by atoms with van der Waals surface area (Å²) in [7, 11) is 1.17. The van der Waals surface area contributed by atoms with Crippen LogP contribution in [-0.2, 0) is 20.7 Å². The van der Waals surface area contributed by atoms with Crippen molar-refractivity contribution in [3.05, 3.63) is 35.4 Å². The number of hydrogen-bond acceptors (Lipinski definition) is 4. The van der Waals surface area contributed by atoms with Gasteiger partial charge in [-0.15, -0.1) is 0 Å². The number of carbonyl (C=O) groups is 2. The first-order valence-corrected chi connectivity index (χ1v) is 6.57. The van der Waals surface area contributed by atoms with Crippen LogP contribution in [0, 0.1) is 28.9 Å². The van der Waals surface area contributed by atoms with Gasteiger partial charge in [0.25, 0.3) is 0 Å². The van der Waals surface area contributed by atoms with Gasteiger partial charge in [-0.2, -0.15) is 5.26 Å². The van der Waals surface area contributed by atoms with Gasteiger partial charge in [-0.1, -0.05) is 0 Å². The molecule has 0 aromatic heterocycles. The third-order valence-corrected chi connectivity index (χ3v) is 2.92. The molecule has 0 spiro atoms. The molecule has 0 fully saturated rings. The van der Waals surface area contributed by atoms with Gasteiger partial charge in [0.15, 0.2) is 0 Å². The Labute approximate surface area is 126 Å². The first-order chi connectivity index (χ1) is 10.3. The predicted octanol–water partition coefficient (Wildman–Crippen LogP) is 1.71. The van der Waals surface area contributed by atoms with Gasteiger partial charge in [0, 0.05) is 12.0 Å². The number of amides is 1. The Morgan fingerprint density at radius 1 is 1.32 bits per heavy atom. The molecule has 0 aliphatic heterocycles. The van der Waals surface area contributed by atoms with E-state index in [4.69, 9.17) is 5.26 Å². The number of hydrogen-bond donors (Lipinski definition) is 1. The zero-order chi connectivity index (χ0) is 16.7. The van der Waals surface area contributed by atoms with Crippen molar-refractivity contribution in [2.75, 3.05) is 7.11 Å². The molecule has 7 heteroatoms. The van der Waals surface area contributed by atoms with Crippen LogP contribution in [0.1, 0.15) is 18.9 Å². The van der Waals surface area contributed by atoms with Gasteiger partial charge in [-0.3, -0.25) is 4.79 Å². The van der Waals surface area contributed by atoms with Gasteiger partial charge in [0.2, 0.25) is 5.91 Å². The van der Waals surface area contributed by atoms with E-state index in [0.29, 0.717) is 6.07 Å². The van der Waals surface area contributed by atoms with Gasteiger partial charge in [-0.05, 0) is 31.0 Å². The summed E-state index contributed by atoms with van der Waals surface area (Å²) in [5, 5.41) is 11.2. The molecule has 1 aromatic rings. The Balaban J connectivity index is 2.74. The monoisotopic (exact) mass is 310 g/mol. The number of halogens is 2. The molecule has 0 unspecified atom stereocenters. The smallest absolute Gasteiger partial charge is 0.328 e. The van der Waals surface area contributed by atoms with Crippen molar-refractivity contribution in [3.8, 4) is 6.07 Å².